The normalized spacial score (nSPS) is 17.2. The van der Waals surface area contributed by atoms with Gasteiger partial charge in [-0.15, -0.1) is 11.3 Å². The number of para-hydroxylation sites is 2. The van der Waals surface area contributed by atoms with E-state index in [0.29, 0.717) is 17.5 Å². The summed E-state index contributed by atoms with van der Waals surface area (Å²) >= 11 is 3.02. The number of hydrogen-bond donors (Lipinski definition) is 1. The van der Waals surface area contributed by atoms with Crippen LogP contribution in [0, 0.1) is 0 Å². The number of fused-ring (bicyclic) bond motifs is 1. The van der Waals surface area contributed by atoms with Gasteiger partial charge in [-0.2, -0.15) is 0 Å². The van der Waals surface area contributed by atoms with Crippen molar-refractivity contribution in [3.63, 3.8) is 0 Å². The molecule has 0 unspecified atom stereocenters. The third kappa shape index (κ3) is 3.89. The highest BCUT2D eigenvalue weighted by Gasteiger charge is 2.20. The number of rotatable bonds is 6. The van der Waals surface area contributed by atoms with Gasteiger partial charge in [-0.25, -0.2) is 4.98 Å². The molecule has 1 aliphatic rings. The summed E-state index contributed by atoms with van der Waals surface area (Å²) in [5.74, 6) is 0.676. The number of ether oxygens (including phenoxy) is 1. The molecule has 3 aromatic rings. The van der Waals surface area contributed by atoms with Crippen LogP contribution < -0.4 is 5.32 Å². The lowest BCUT2D eigenvalue weighted by atomic mass is 10.2. The molecular weight excluding hydrogens is 356 g/mol. The van der Waals surface area contributed by atoms with Crippen LogP contribution in [0.1, 0.15) is 33.5 Å². The second kappa shape index (κ2) is 7.59. The number of thioether (sulfide) groups is 1. The fourth-order valence-electron chi connectivity index (χ4n) is 2.75. The molecule has 1 atom stereocenters. The molecule has 25 heavy (non-hydrogen) atoms. The van der Waals surface area contributed by atoms with E-state index >= 15 is 0 Å². The predicted molar refractivity (Wildman–Crippen MR) is 99.3 cm³/mol. The average Bonchev–Trinajstić information content (AvgIpc) is 3.37. The Bertz CT molecular complexity index is 835. The number of hydrogen-bond acceptors (Lipinski definition) is 6. The first-order chi connectivity index (χ1) is 12.3. The quantitative estimate of drug-likeness (QED) is 0.516. The number of aromatic nitrogens is 1. The number of benzene rings is 1. The van der Waals surface area contributed by atoms with Gasteiger partial charge in [0.25, 0.3) is 11.1 Å². The topological polar surface area (TPSA) is 64.4 Å². The molecule has 0 saturated carbocycles. The number of nitrogens with one attached hydrogen (secondary N) is 1. The van der Waals surface area contributed by atoms with Crippen LogP contribution in [0.25, 0.3) is 11.1 Å². The van der Waals surface area contributed by atoms with Crippen molar-refractivity contribution in [1.82, 2.24) is 10.3 Å². The molecule has 1 aliphatic heterocycles. The number of amides is 1. The van der Waals surface area contributed by atoms with Gasteiger partial charge in [-0.05, 0) is 37.1 Å². The van der Waals surface area contributed by atoms with Crippen LogP contribution >= 0.6 is 23.1 Å². The summed E-state index contributed by atoms with van der Waals surface area (Å²) in [4.78, 5) is 18.5. The van der Waals surface area contributed by atoms with Gasteiger partial charge < -0.3 is 14.5 Å². The molecule has 1 N–H and O–H groups in total. The first kappa shape index (κ1) is 16.6. The number of oxazole rings is 1. The molecule has 1 saturated heterocycles. The van der Waals surface area contributed by atoms with Crippen molar-refractivity contribution in [2.45, 2.75) is 24.2 Å². The van der Waals surface area contributed by atoms with Gasteiger partial charge in [-0.3, -0.25) is 4.79 Å². The van der Waals surface area contributed by atoms with Crippen molar-refractivity contribution in [3.8, 4) is 0 Å². The van der Waals surface area contributed by atoms with Gasteiger partial charge in [0.15, 0.2) is 5.58 Å². The standard InChI is InChI=1S/C18H18N2O3S2/c21-17(16-8-7-15(25-16)14-6-3-10-22-14)19-9-11-24-18-20-12-4-1-2-5-13(12)23-18/h1-2,4-5,7-8,14H,3,6,9-11H2,(H,19,21)/t14-/m1/s1. The van der Waals surface area contributed by atoms with E-state index in [0.717, 1.165) is 40.3 Å². The lowest BCUT2D eigenvalue weighted by Crippen LogP contribution is -2.24. The number of nitrogens with zero attached hydrogens (tertiary/aromatic N) is 1. The Labute approximate surface area is 153 Å². The van der Waals surface area contributed by atoms with Crippen LogP contribution in [0.5, 0.6) is 0 Å². The maximum absolute atomic E-state index is 12.2. The molecule has 2 aromatic heterocycles. The zero-order valence-electron chi connectivity index (χ0n) is 13.6. The average molecular weight is 374 g/mol. The van der Waals surface area contributed by atoms with E-state index in [-0.39, 0.29) is 12.0 Å². The third-order valence-electron chi connectivity index (χ3n) is 3.99. The molecule has 0 bridgehead atoms. The van der Waals surface area contributed by atoms with E-state index < -0.39 is 0 Å². The van der Waals surface area contributed by atoms with Gasteiger partial charge in [0.2, 0.25) is 0 Å². The fourth-order valence-corrected chi connectivity index (χ4v) is 4.45. The zero-order valence-corrected chi connectivity index (χ0v) is 15.2. The fraction of sp³-hybridized carbons (Fsp3) is 0.333. The van der Waals surface area contributed by atoms with Crippen molar-refractivity contribution in [2.75, 3.05) is 18.9 Å². The van der Waals surface area contributed by atoms with Crippen LogP contribution in [0.4, 0.5) is 0 Å². The molecule has 5 nitrogen and oxygen atoms in total. The van der Waals surface area contributed by atoms with E-state index in [1.807, 2.05) is 36.4 Å². The first-order valence-electron chi connectivity index (χ1n) is 8.27. The summed E-state index contributed by atoms with van der Waals surface area (Å²) in [5.41, 5.74) is 1.64. The molecule has 7 heteroatoms. The van der Waals surface area contributed by atoms with E-state index in [1.165, 1.54) is 23.1 Å². The molecule has 130 valence electrons. The van der Waals surface area contributed by atoms with E-state index in [4.69, 9.17) is 9.15 Å². The highest BCUT2D eigenvalue weighted by molar-refractivity contribution is 7.99. The summed E-state index contributed by atoms with van der Waals surface area (Å²) in [6.07, 6.45) is 2.31. The summed E-state index contributed by atoms with van der Waals surface area (Å²) in [7, 11) is 0. The van der Waals surface area contributed by atoms with Crippen molar-refractivity contribution in [3.05, 3.63) is 46.2 Å². The Morgan fingerprint density at radius 1 is 1.32 bits per heavy atom. The predicted octanol–water partition coefficient (Wildman–Crippen LogP) is 4.26. The van der Waals surface area contributed by atoms with Gasteiger partial charge in [0.05, 0.1) is 11.0 Å². The van der Waals surface area contributed by atoms with E-state index in [2.05, 4.69) is 10.3 Å². The lowest BCUT2D eigenvalue weighted by molar-refractivity contribution is 0.0960. The summed E-state index contributed by atoms with van der Waals surface area (Å²) in [6.45, 7) is 1.38. The largest absolute Gasteiger partial charge is 0.431 e. The molecule has 3 heterocycles. The Morgan fingerprint density at radius 2 is 2.24 bits per heavy atom. The van der Waals surface area contributed by atoms with Crippen LogP contribution in [0.15, 0.2) is 46.0 Å². The van der Waals surface area contributed by atoms with Crippen LogP contribution in [-0.2, 0) is 4.74 Å². The van der Waals surface area contributed by atoms with Gasteiger partial charge in [0, 0.05) is 23.8 Å². The number of carbonyl (C=O) groups is 1. The number of thiophene rings is 1. The molecule has 4 rings (SSSR count). The van der Waals surface area contributed by atoms with E-state index in [9.17, 15) is 4.79 Å². The minimum absolute atomic E-state index is 0.0348. The summed E-state index contributed by atoms with van der Waals surface area (Å²) in [6, 6.07) is 11.6. The first-order valence-corrected chi connectivity index (χ1v) is 10.1. The highest BCUT2D eigenvalue weighted by Crippen LogP contribution is 2.33. The Morgan fingerprint density at radius 3 is 3.08 bits per heavy atom. The molecule has 0 radical (unpaired) electrons. The van der Waals surface area contributed by atoms with Crippen LogP contribution in [0.3, 0.4) is 0 Å². The van der Waals surface area contributed by atoms with Crippen LogP contribution in [-0.4, -0.2) is 29.8 Å². The highest BCUT2D eigenvalue weighted by atomic mass is 32.2. The SMILES string of the molecule is O=C(NCCSc1nc2ccccc2o1)c1ccc([C@H]2CCCO2)s1. The van der Waals surface area contributed by atoms with Gasteiger partial charge >= 0.3 is 0 Å². The summed E-state index contributed by atoms with van der Waals surface area (Å²) in [5, 5.41) is 3.58. The van der Waals surface area contributed by atoms with E-state index in [1.54, 1.807) is 0 Å². The van der Waals surface area contributed by atoms with Crippen molar-refractivity contribution in [1.29, 1.82) is 0 Å². The number of carbonyl (C=O) groups excluding carboxylic acids is 1. The smallest absolute Gasteiger partial charge is 0.261 e. The second-order valence-corrected chi connectivity index (χ2v) is 7.92. The minimum atomic E-state index is -0.0348. The van der Waals surface area contributed by atoms with Gasteiger partial charge in [-0.1, -0.05) is 23.9 Å². The molecule has 0 spiro atoms. The Kier molecular flexibility index (Phi) is 5.05. The van der Waals surface area contributed by atoms with Crippen molar-refractivity contribution < 1.29 is 13.9 Å². The maximum Gasteiger partial charge on any atom is 0.261 e. The second-order valence-electron chi connectivity index (χ2n) is 5.76. The monoisotopic (exact) mass is 374 g/mol. The maximum atomic E-state index is 12.2. The summed E-state index contributed by atoms with van der Waals surface area (Å²) < 4.78 is 11.3. The molecular formula is C18H18N2O3S2. The van der Waals surface area contributed by atoms with Crippen molar-refractivity contribution in [2.24, 2.45) is 0 Å². The Balaban J connectivity index is 1.26. The zero-order chi connectivity index (χ0) is 17.1. The molecule has 1 aromatic carbocycles. The minimum Gasteiger partial charge on any atom is -0.431 e. The molecule has 0 aliphatic carbocycles. The van der Waals surface area contributed by atoms with Crippen LogP contribution in [0.2, 0.25) is 0 Å². The Hall–Kier alpha value is -1.83. The van der Waals surface area contributed by atoms with Gasteiger partial charge in [0.1, 0.15) is 5.52 Å². The van der Waals surface area contributed by atoms with Crippen molar-refractivity contribution >= 4 is 40.1 Å². The lowest BCUT2D eigenvalue weighted by Gasteiger charge is -2.05. The molecule has 1 fully saturated rings. The molecule has 1 amide bonds. The third-order valence-corrected chi connectivity index (χ3v) is 5.99.